The van der Waals surface area contributed by atoms with E-state index < -0.39 is 24.8 Å². The Kier molecular flexibility index (Phi) is 5.36. The first-order valence-corrected chi connectivity index (χ1v) is 7.47. The predicted molar refractivity (Wildman–Crippen MR) is 76.8 cm³/mol. The molecule has 2 aliphatic rings. The third kappa shape index (κ3) is 3.83. The van der Waals surface area contributed by atoms with Crippen LogP contribution in [0.1, 0.15) is 32.6 Å². The standard InChI is InChI=1S/C15H23NO5/c1-2-3-9(17)4-5-10-11-6-13(12(11)7-14(10)18)16-21-8-15(19)20/h4-5,9-12,14,17-18H,2-3,6-8H2,1H3,(H,19,20)/t9?,10?,11-,12-,14?/m0/s1. The van der Waals surface area contributed by atoms with E-state index in [1.807, 2.05) is 13.0 Å². The predicted octanol–water partition coefficient (Wildman–Crippen LogP) is 1.18. The topological polar surface area (TPSA) is 99.4 Å². The molecular formula is C15H23NO5. The van der Waals surface area contributed by atoms with Crippen LogP contribution >= 0.6 is 0 Å². The summed E-state index contributed by atoms with van der Waals surface area (Å²) in [5.41, 5.74) is 0.838. The van der Waals surface area contributed by atoms with Gasteiger partial charge in [0.1, 0.15) is 0 Å². The zero-order chi connectivity index (χ0) is 15.4. The Morgan fingerprint density at radius 2 is 2.33 bits per heavy atom. The van der Waals surface area contributed by atoms with Crippen molar-refractivity contribution >= 4 is 11.7 Å². The number of oxime groups is 1. The van der Waals surface area contributed by atoms with Crippen LogP contribution in [0.25, 0.3) is 0 Å². The average Bonchev–Trinajstić information content (AvgIpc) is 2.65. The lowest BCUT2D eigenvalue weighted by Gasteiger charge is -2.34. The normalized spacial score (nSPS) is 34.7. The molecular weight excluding hydrogens is 274 g/mol. The molecule has 0 aromatic heterocycles. The highest BCUT2D eigenvalue weighted by Crippen LogP contribution is 2.49. The molecule has 2 saturated carbocycles. The summed E-state index contributed by atoms with van der Waals surface area (Å²) in [6.45, 7) is 1.58. The Morgan fingerprint density at radius 3 is 3.00 bits per heavy atom. The van der Waals surface area contributed by atoms with Crippen LogP contribution in [-0.4, -0.2) is 45.8 Å². The first-order chi connectivity index (χ1) is 10.0. The molecule has 0 heterocycles. The molecule has 0 aromatic rings. The molecule has 0 spiro atoms. The van der Waals surface area contributed by atoms with Crippen LogP contribution in [0.5, 0.6) is 0 Å². The van der Waals surface area contributed by atoms with E-state index in [0.29, 0.717) is 12.3 Å². The fourth-order valence-electron chi connectivity index (χ4n) is 3.23. The molecule has 3 N–H and O–H groups in total. The molecule has 0 aliphatic heterocycles. The number of carbonyl (C=O) groups is 1. The van der Waals surface area contributed by atoms with Crippen LogP contribution in [0.2, 0.25) is 0 Å². The number of aliphatic hydroxyl groups excluding tert-OH is 2. The second-order valence-electron chi connectivity index (χ2n) is 5.85. The van der Waals surface area contributed by atoms with E-state index in [0.717, 1.165) is 25.0 Å². The molecule has 2 fully saturated rings. The number of nitrogens with zero attached hydrogens (tertiary/aromatic N) is 1. The lowest BCUT2D eigenvalue weighted by Crippen LogP contribution is -2.36. The van der Waals surface area contributed by atoms with Crippen molar-refractivity contribution in [2.45, 2.75) is 44.8 Å². The van der Waals surface area contributed by atoms with Crippen molar-refractivity contribution in [2.24, 2.45) is 22.9 Å². The van der Waals surface area contributed by atoms with E-state index in [-0.39, 0.29) is 11.8 Å². The summed E-state index contributed by atoms with van der Waals surface area (Å²) in [6.07, 6.45) is 5.80. The Labute approximate surface area is 124 Å². The monoisotopic (exact) mass is 297 g/mol. The Bertz CT molecular complexity index is 434. The van der Waals surface area contributed by atoms with E-state index in [1.165, 1.54) is 0 Å². The van der Waals surface area contributed by atoms with Gasteiger partial charge in [-0.25, -0.2) is 4.79 Å². The van der Waals surface area contributed by atoms with Gasteiger partial charge in [0, 0.05) is 11.8 Å². The van der Waals surface area contributed by atoms with Crippen LogP contribution in [0, 0.1) is 17.8 Å². The number of carboxylic acids is 1. The number of hydrogen-bond donors (Lipinski definition) is 3. The first-order valence-electron chi connectivity index (χ1n) is 7.47. The van der Waals surface area contributed by atoms with Crippen molar-refractivity contribution in [3.63, 3.8) is 0 Å². The maximum absolute atomic E-state index is 10.4. The third-order valence-electron chi connectivity index (χ3n) is 4.33. The quantitative estimate of drug-likeness (QED) is 0.484. The van der Waals surface area contributed by atoms with Crippen molar-refractivity contribution in [3.8, 4) is 0 Å². The molecule has 0 bridgehead atoms. The van der Waals surface area contributed by atoms with Crippen LogP contribution in [-0.2, 0) is 9.63 Å². The van der Waals surface area contributed by atoms with E-state index in [2.05, 4.69) is 5.16 Å². The number of rotatable bonds is 7. The highest BCUT2D eigenvalue weighted by Gasteiger charge is 2.51. The number of aliphatic hydroxyl groups is 2. The highest BCUT2D eigenvalue weighted by molar-refractivity contribution is 5.93. The van der Waals surface area contributed by atoms with Crippen molar-refractivity contribution < 1.29 is 25.0 Å². The average molecular weight is 297 g/mol. The molecule has 0 radical (unpaired) electrons. The Morgan fingerprint density at radius 1 is 1.57 bits per heavy atom. The van der Waals surface area contributed by atoms with Crippen LogP contribution < -0.4 is 0 Å². The summed E-state index contributed by atoms with van der Waals surface area (Å²) in [4.78, 5) is 15.1. The van der Waals surface area contributed by atoms with E-state index in [9.17, 15) is 15.0 Å². The lowest BCUT2D eigenvalue weighted by atomic mass is 9.71. The van der Waals surface area contributed by atoms with Gasteiger partial charge in [0.05, 0.1) is 17.9 Å². The fraction of sp³-hybridized carbons (Fsp3) is 0.733. The zero-order valence-corrected chi connectivity index (χ0v) is 12.2. The molecule has 0 aromatic carbocycles. The van der Waals surface area contributed by atoms with Gasteiger partial charge in [-0.3, -0.25) is 0 Å². The summed E-state index contributed by atoms with van der Waals surface area (Å²) < 4.78 is 0. The molecule has 5 atom stereocenters. The minimum atomic E-state index is -1.05. The lowest BCUT2D eigenvalue weighted by molar-refractivity contribution is -0.142. The zero-order valence-electron chi connectivity index (χ0n) is 12.2. The molecule has 6 nitrogen and oxygen atoms in total. The van der Waals surface area contributed by atoms with Gasteiger partial charge in [-0.1, -0.05) is 30.7 Å². The van der Waals surface area contributed by atoms with E-state index >= 15 is 0 Å². The van der Waals surface area contributed by atoms with Crippen molar-refractivity contribution in [1.82, 2.24) is 0 Å². The second kappa shape index (κ2) is 7.04. The summed E-state index contributed by atoms with van der Waals surface area (Å²) >= 11 is 0. The number of aliphatic carboxylic acids is 1. The van der Waals surface area contributed by atoms with Gasteiger partial charge in [-0.2, -0.15) is 0 Å². The Hall–Kier alpha value is -1.40. The SMILES string of the molecule is CCCC(O)C=CC1C(O)C[C@@H]2C(=NOCC(=O)O)C[C@@H]12. The largest absolute Gasteiger partial charge is 0.479 e. The maximum Gasteiger partial charge on any atom is 0.344 e. The van der Waals surface area contributed by atoms with Gasteiger partial charge in [0.2, 0.25) is 6.61 Å². The van der Waals surface area contributed by atoms with Gasteiger partial charge in [-0.15, -0.1) is 0 Å². The summed E-state index contributed by atoms with van der Waals surface area (Å²) in [5, 5.41) is 32.2. The van der Waals surface area contributed by atoms with E-state index in [1.54, 1.807) is 6.08 Å². The minimum absolute atomic E-state index is 0.0416. The molecule has 21 heavy (non-hydrogen) atoms. The second-order valence-corrected chi connectivity index (χ2v) is 5.85. The van der Waals surface area contributed by atoms with Crippen LogP contribution in [0.3, 0.4) is 0 Å². The number of hydrogen-bond acceptors (Lipinski definition) is 5. The van der Waals surface area contributed by atoms with Gasteiger partial charge in [0.25, 0.3) is 0 Å². The minimum Gasteiger partial charge on any atom is -0.479 e. The van der Waals surface area contributed by atoms with Crippen LogP contribution in [0.15, 0.2) is 17.3 Å². The highest BCUT2D eigenvalue weighted by atomic mass is 16.6. The van der Waals surface area contributed by atoms with Gasteiger partial charge in [0.15, 0.2) is 0 Å². The Balaban J connectivity index is 1.87. The third-order valence-corrected chi connectivity index (χ3v) is 4.33. The molecule has 3 unspecified atom stereocenters. The van der Waals surface area contributed by atoms with Crippen molar-refractivity contribution in [1.29, 1.82) is 0 Å². The maximum atomic E-state index is 10.4. The summed E-state index contributed by atoms with van der Waals surface area (Å²) in [6, 6.07) is 0. The molecule has 118 valence electrons. The fourth-order valence-corrected chi connectivity index (χ4v) is 3.23. The summed E-state index contributed by atoms with van der Waals surface area (Å²) in [7, 11) is 0. The smallest absolute Gasteiger partial charge is 0.344 e. The summed E-state index contributed by atoms with van der Waals surface area (Å²) in [5.74, 6) is -0.517. The first kappa shape index (κ1) is 16.0. The molecule has 2 aliphatic carbocycles. The molecule has 0 amide bonds. The van der Waals surface area contributed by atoms with Gasteiger partial charge < -0.3 is 20.2 Å². The van der Waals surface area contributed by atoms with Crippen LogP contribution in [0.4, 0.5) is 0 Å². The molecule has 0 saturated heterocycles. The van der Waals surface area contributed by atoms with Crippen molar-refractivity contribution in [2.75, 3.05) is 6.61 Å². The number of carboxylic acid groups (broad SMARTS) is 1. The molecule has 2 rings (SSSR count). The van der Waals surface area contributed by atoms with Crippen molar-refractivity contribution in [3.05, 3.63) is 12.2 Å². The molecule has 6 heteroatoms. The number of fused-ring (bicyclic) bond motifs is 1. The van der Waals surface area contributed by atoms with Gasteiger partial charge >= 0.3 is 5.97 Å². The van der Waals surface area contributed by atoms with Gasteiger partial charge in [-0.05, 0) is 25.2 Å². The van der Waals surface area contributed by atoms with E-state index in [4.69, 9.17) is 9.94 Å².